The van der Waals surface area contributed by atoms with Gasteiger partial charge in [0.25, 0.3) is 0 Å². The van der Waals surface area contributed by atoms with Crippen LogP contribution in [0.3, 0.4) is 0 Å². The lowest BCUT2D eigenvalue weighted by Gasteiger charge is -2.31. The number of likely N-dealkylation sites (N-methyl/N-ethyl adjacent to an activating group) is 1. The number of nitrogens with zero attached hydrogens (tertiary/aromatic N) is 2. The highest BCUT2D eigenvalue weighted by molar-refractivity contribution is 7.19. The summed E-state index contributed by atoms with van der Waals surface area (Å²) in [6.07, 6.45) is 3.32. The quantitative estimate of drug-likeness (QED) is 0.518. The molecule has 4 rings (SSSR count). The van der Waals surface area contributed by atoms with Gasteiger partial charge < -0.3 is 10.2 Å². The summed E-state index contributed by atoms with van der Waals surface area (Å²) in [4.78, 5) is 18.5. The highest BCUT2D eigenvalue weighted by atomic mass is 35.5. The summed E-state index contributed by atoms with van der Waals surface area (Å²) >= 11 is 7.72. The summed E-state index contributed by atoms with van der Waals surface area (Å²) in [7, 11) is 2.18. The summed E-state index contributed by atoms with van der Waals surface area (Å²) in [5.41, 5.74) is 1.75. The van der Waals surface area contributed by atoms with E-state index in [0.29, 0.717) is 5.02 Å². The highest BCUT2D eigenvalue weighted by Crippen LogP contribution is 2.29. The molecule has 1 aliphatic rings. The first-order chi connectivity index (χ1) is 14.0. The van der Waals surface area contributed by atoms with Crippen molar-refractivity contribution in [3.05, 3.63) is 70.1 Å². The fourth-order valence-corrected chi connectivity index (χ4v) is 4.62. The normalized spacial score (nSPS) is 15.4. The van der Waals surface area contributed by atoms with Gasteiger partial charge in [0.15, 0.2) is 0 Å². The van der Waals surface area contributed by atoms with Gasteiger partial charge in [-0.05, 0) is 60.5 Å². The van der Waals surface area contributed by atoms with Crippen molar-refractivity contribution in [3.8, 4) is 0 Å². The van der Waals surface area contributed by atoms with E-state index in [1.54, 1.807) is 12.2 Å². The molecule has 0 aliphatic carbocycles. The van der Waals surface area contributed by atoms with Crippen LogP contribution in [0.15, 0.2) is 54.6 Å². The molecule has 0 atom stereocenters. The summed E-state index contributed by atoms with van der Waals surface area (Å²) in [6.45, 7) is 5.49. The van der Waals surface area contributed by atoms with E-state index in [1.165, 1.54) is 15.0 Å². The van der Waals surface area contributed by atoms with Crippen molar-refractivity contribution >= 4 is 63.1 Å². The van der Waals surface area contributed by atoms with Gasteiger partial charge in [0.2, 0.25) is 5.91 Å². The number of amides is 1. The van der Waals surface area contributed by atoms with E-state index in [1.807, 2.05) is 47.7 Å². The Balaban J connectivity index is 0.00000256. The standard InChI is InChI=1S/C23H24ClN3OS.ClH/c1-26-10-12-27(13-11-26)16-21-15-18-14-20(7-8-22(18)29-21)25-23(28)9-4-17-2-5-19(24)6-3-17;/h2-9,14-15H,10-13,16H2,1H3,(H,25,28);1H/b9-4+;. The Labute approximate surface area is 192 Å². The average Bonchev–Trinajstić information content (AvgIpc) is 3.11. The largest absolute Gasteiger partial charge is 0.322 e. The van der Waals surface area contributed by atoms with Crippen LogP contribution in [0.2, 0.25) is 5.02 Å². The fraction of sp³-hybridized carbons (Fsp3) is 0.261. The number of fused-ring (bicyclic) bond motifs is 1. The van der Waals surface area contributed by atoms with Crippen LogP contribution in [0, 0.1) is 0 Å². The molecule has 4 nitrogen and oxygen atoms in total. The van der Waals surface area contributed by atoms with Crippen LogP contribution in [-0.2, 0) is 11.3 Å². The van der Waals surface area contributed by atoms with E-state index in [9.17, 15) is 4.79 Å². The van der Waals surface area contributed by atoms with Crippen molar-refractivity contribution in [2.75, 3.05) is 38.5 Å². The van der Waals surface area contributed by atoms with E-state index in [4.69, 9.17) is 11.6 Å². The van der Waals surface area contributed by atoms with E-state index in [-0.39, 0.29) is 18.3 Å². The number of hydrogen-bond donors (Lipinski definition) is 1. The van der Waals surface area contributed by atoms with E-state index < -0.39 is 0 Å². The van der Waals surface area contributed by atoms with Crippen LogP contribution >= 0.6 is 35.3 Å². The number of thiophene rings is 1. The molecule has 1 N–H and O–H groups in total. The minimum atomic E-state index is -0.146. The molecule has 158 valence electrons. The molecule has 1 saturated heterocycles. The molecule has 0 saturated carbocycles. The van der Waals surface area contributed by atoms with Gasteiger partial charge in [0.1, 0.15) is 0 Å². The van der Waals surface area contributed by atoms with Crippen LogP contribution in [0.1, 0.15) is 10.4 Å². The van der Waals surface area contributed by atoms with Gasteiger partial charge in [-0.25, -0.2) is 0 Å². The smallest absolute Gasteiger partial charge is 0.248 e. The third kappa shape index (κ3) is 6.06. The maximum Gasteiger partial charge on any atom is 0.248 e. The topological polar surface area (TPSA) is 35.6 Å². The molecule has 0 radical (unpaired) electrons. The predicted molar refractivity (Wildman–Crippen MR) is 131 cm³/mol. The third-order valence-corrected chi connectivity index (χ3v) is 6.46. The second-order valence-corrected chi connectivity index (χ2v) is 9.02. The van der Waals surface area contributed by atoms with Crippen LogP contribution in [0.25, 0.3) is 16.2 Å². The van der Waals surface area contributed by atoms with Crippen LogP contribution in [0.5, 0.6) is 0 Å². The number of rotatable bonds is 5. The molecule has 7 heteroatoms. The number of hydrogen-bond acceptors (Lipinski definition) is 4. The maximum atomic E-state index is 12.3. The molecule has 0 spiro atoms. The van der Waals surface area contributed by atoms with E-state index in [2.05, 4.69) is 34.3 Å². The Kier molecular flexibility index (Phi) is 7.92. The highest BCUT2D eigenvalue weighted by Gasteiger charge is 2.15. The van der Waals surface area contributed by atoms with E-state index in [0.717, 1.165) is 44.0 Å². The minimum absolute atomic E-state index is 0. The minimum Gasteiger partial charge on any atom is -0.322 e. The van der Waals surface area contributed by atoms with Gasteiger partial charge in [0, 0.05) is 59.1 Å². The van der Waals surface area contributed by atoms with Gasteiger partial charge in [-0.2, -0.15) is 0 Å². The molecule has 2 heterocycles. The summed E-state index contributed by atoms with van der Waals surface area (Å²) in [5.74, 6) is -0.146. The van der Waals surface area contributed by atoms with Crippen molar-refractivity contribution in [3.63, 3.8) is 0 Å². The zero-order valence-electron chi connectivity index (χ0n) is 16.8. The lowest BCUT2D eigenvalue weighted by Crippen LogP contribution is -2.43. The lowest BCUT2D eigenvalue weighted by molar-refractivity contribution is -0.111. The van der Waals surface area contributed by atoms with Gasteiger partial charge in [-0.1, -0.05) is 23.7 Å². The van der Waals surface area contributed by atoms with Crippen LogP contribution < -0.4 is 5.32 Å². The zero-order valence-corrected chi connectivity index (χ0v) is 19.2. The summed E-state index contributed by atoms with van der Waals surface area (Å²) in [5, 5.41) is 4.81. The molecule has 30 heavy (non-hydrogen) atoms. The molecular formula is C23H25Cl2N3OS. The van der Waals surface area contributed by atoms with Crippen molar-refractivity contribution < 1.29 is 4.79 Å². The lowest BCUT2D eigenvalue weighted by atomic mass is 10.2. The number of anilines is 1. The van der Waals surface area contributed by atoms with E-state index >= 15 is 0 Å². The number of carbonyl (C=O) groups is 1. The molecule has 0 unspecified atom stereocenters. The van der Waals surface area contributed by atoms with Crippen molar-refractivity contribution in [2.45, 2.75) is 6.54 Å². The Morgan fingerprint density at radius 2 is 1.83 bits per heavy atom. The van der Waals surface area contributed by atoms with Gasteiger partial charge in [0.05, 0.1) is 0 Å². The number of piperazine rings is 1. The first kappa shape index (κ1) is 22.8. The number of benzene rings is 2. The van der Waals surface area contributed by atoms with Crippen molar-refractivity contribution in [1.29, 1.82) is 0 Å². The zero-order chi connectivity index (χ0) is 20.2. The first-order valence-corrected chi connectivity index (χ1v) is 10.9. The third-order valence-electron chi connectivity index (χ3n) is 5.11. The fourth-order valence-electron chi connectivity index (χ4n) is 3.41. The second-order valence-electron chi connectivity index (χ2n) is 7.42. The van der Waals surface area contributed by atoms with Crippen LogP contribution in [0.4, 0.5) is 5.69 Å². The van der Waals surface area contributed by atoms with Crippen molar-refractivity contribution in [2.24, 2.45) is 0 Å². The summed E-state index contributed by atoms with van der Waals surface area (Å²) in [6, 6.07) is 15.7. The van der Waals surface area contributed by atoms with Crippen molar-refractivity contribution in [1.82, 2.24) is 9.80 Å². The average molecular weight is 462 g/mol. The van der Waals surface area contributed by atoms with Crippen LogP contribution in [-0.4, -0.2) is 48.9 Å². The Bertz CT molecular complexity index is 1020. The maximum absolute atomic E-state index is 12.3. The molecular weight excluding hydrogens is 437 g/mol. The number of carbonyl (C=O) groups excluding carboxylic acids is 1. The van der Waals surface area contributed by atoms with Gasteiger partial charge in [-0.3, -0.25) is 9.69 Å². The Morgan fingerprint density at radius 1 is 1.10 bits per heavy atom. The second kappa shape index (κ2) is 10.4. The monoisotopic (exact) mass is 461 g/mol. The first-order valence-electron chi connectivity index (χ1n) is 9.73. The molecule has 1 aliphatic heterocycles. The molecule has 2 aromatic carbocycles. The molecule has 0 bridgehead atoms. The summed E-state index contributed by atoms with van der Waals surface area (Å²) < 4.78 is 1.25. The SMILES string of the molecule is CN1CCN(Cc2cc3cc(NC(=O)/C=C/c4ccc(Cl)cc4)ccc3s2)CC1.Cl. The molecule has 1 aromatic heterocycles. The number of halogens is 2. The predicted octanol–water partition coefficient (Wildman–Crippen LogP) is 5.38. The van der Waals surface area contributed by atoms with Gasteiger partial charge in [-0.15, -0.1) is 23.7 Å². The molecule has 1 amide bonds. The number of nitrogens with one attached hydrogen (secondary N) is 1. The Morgan fingerprint density at radius 3 is 2.57 bits per heavy atom. The molecule has 3 aromatic rings. The van der Waals surface area contributed by atoms with Gasteiger partial charge >= 0.3 is 0 Å². The molecule has 1 fully saturated rings. The Hall–Kier alpha value is -1.89.